The first kappa shape index (κ1) is 16.6. The van der Waals surface area contributed by atoms with Crippen molar-refractivity contribution in [2.24, 2.45) is 5.92 Å². The van der Waals surface area contributed by atoms with Crippen LogP contribution in [0.5, 0.6) is 0 Å². The van der Waals surface area contributed by atoms with E-state index >= 15 is 0 Å². The summed E-state index contributed by atoms with van der Waals surface area (Å²) in [5, 5.41) is 6.02. The number of likely N-dealkylation sites (N-methyl/N-ethyl adjacent to an activating group) is 1. The van der Waals surface area contributed by atoms with Crippen LogP contribution < -0.4 is 10.6 Å². The van der Waals surface area contributed by atoms with Crippen LogP contribution in [0.25, 0.3) is 0 Å². The van der Waals surface area contributed by atoms with Gasteiger partial charge in [-0.3, -0.25) is 4.79 Å². The van der Waals surface area contributed by atoms with Gasteiger partial charge in [-0.15, -0.1) is 0 Å². The minimum atomic E-state index is -0.222. The van der Waals surface area contributed by atoms with Gasteiger partial charge in [-0.1, -0.05) is 26.0 Å². The van der Waals surface area contributed by atoms with E-state index in [1.54, 1.807) is 13.1 Å². The second-order valence-corrected chi connectivity index (χ2v) is 5.70. The van der Waals surface area contributed by atoms with Gasteiger partial charge in [0, 0.05) is 13.1 Å². The Kier molecular flexibility index (Phi) is 6.65. The highest BCUT2D eigenvalue weighted by molar-refractivity contribution is 5.81. The summed E-state index contributed by atoms with van der Waals surface area (Å²) in [5.74, 6) is 0.218. The van der Waals surface area contributed by atoms with Crippen molar-refractivity contribution in [1.82, 2.24) is 10.6 Å². The molecule has 4 heteroatoms. The Morgan fingerprint density at radius 2 is 2.00 bits per heavy atom. The molecule has 0 spiro atoms. The summed E-state index contributed by atoms with van der Waals surface area (Å²) in [7, 11) is 1.65. The maximum absolute atomic E-state index is 13.2. The maximum atomic E-state index is 13.2. The van der Waals surface area contributed by atoms with Gasteiger partial charge in [-0.05, 0) is 43.4 Å². The van der Waals surface area contributed by atoms with Gasteiger partial charge in [0.15, 0.2) is 0 Å². The third-order valence-corrected chi connectivity index (χ3v) is 3.19. The number of hydrogen-bond acceptors (Lipinski definition) is 2. The highest BCUT2D eigenvalue weighted by atomic mass is 19.1. The number of hydrogen-bond donors (Lipinski definition) is 2. The number of amides is 1. The SMILES string of the molecule is CNC(=O)C(CC(C)C)NC(C)Cc1cccc(F)c1. The van der Waals surface area contributed by atoms with Crippen LogP contribution in [0.4, 0.5) is 4.39 Å². The Bertz CT molecular complexity index is 434. The van der Waals surface area contributed by atoms with Gasteiger partial charge in [-0.25, -0.2) is 4.39 Å². The third kappa shape index (κ3) is 5.70. The molecule has 0 saturated heterocycles. The minimum absolute atomic E-state index is 0.00444. The smallest absolute Gasteiger partial charge is 0.236 e. The first-order valence-electron chi connectivity index (χ1n) is 7.14. The predicted octanol–water partition coefficient (Wildman–Crippen LogP) is 2.51. The lowest BCUT2D eigenvalue weighted by Crippen LogP contribution is -2.47. The van der Waals surface area contributed by atoms with E-state index in [4.69, 9.17) is 0 Å². The number of nitrogens with one attached hydrogen (secondary N) is 2. The van der Waals surface area contributed by atoms with E-state index in [1.807, 2.05) is 13.0 Å². The van der Waals surface area contributed by atoms with Crippen molar-refractivity contribution in [1.29, 1.82) is 0 Å². The summed E-state index contributed by atoms with van der Waals surface area (Å²) in [5.41, 5.74) is 0.935. The van der Waals surface area contributed by atoms with Crippen molar-refractivity contribution < 1.29 is 9.18 Å². The van der Waals surface area contributed by atoms with Crippen molar-refractivity contribution in [3.05, 3.63) is 35.6 Å². The van der Waals surface area contributed by atoms with E-state index in [1.165, 1.54) is 12.1 Å². The molecule has 0 saturated carbocycles. The van der Waals surface area contributed by atoms with Crippen molar-refractivity contribution in [2.75, 3.05) is 7.05 Å². The van der Waals surface area contributed by atoms with Gasteiger partial charge in [0.1, 0.15) is 5.82 Å². The Balaban J connectivity index is 2.61. The monoisotopic (exact) mass is 280 g/mol. The molecule has 1 aromatic rings. The molecule has 0 aliphatic rings. The van der Waals surface area contributed by atoms with Gasteiger partial charge >= 0.3 is 0 Å². The van der Waals surface area contributed by atoms with E-state index in [9.17, 15) is 9.18 Å². The number of benzene rings is 1. The van der Waals surface area contributed by atoms with E-state index in [2.05, 4.69) is 24.5 Å². The molecule has 20 heavy (non-hydrogen) atoms. The standard InChI is InChI=1S/C16H25FN2O/c1-11(2)8-15(16(20)18-4)19-12(3)9-13-6-5-7-14(17)10-13/h5-7,10-12,15,19H,8-9H2,1-4H3,(H,18,20). The van der Waals surface area contributed by atoms with Crippen LogP contribution in [0.2, 0.25) is 0 Å². The second kappa shape index (κ2) is 8.00. The summed E-state index contributed by atoms with van der Waals surface area (Å²) in [6, 6.07) is 6.49. The molecule has 0 heterocycles. The molecular formula is C16H25FN2O. The predicted molar refractivity (Wildman–Crippen MR) is 80.0 cm³/mol. The topological polar surface area (TPSA) is 41.1 Å². The lowest BCUT2D eigenvalue weighted by molar-refractivity contribution is -0.123. The fourth-order valence-electron chi connectivity index (χ4n) is 2.32. The summed E-state index contributed by atoms with van der Waals surface area (Å²) in [6.07, 6.45) is 1.48. The molecular weight excluding hydrogens is 255 g/mol. The molecule has 0 aromatic heterocycles. The number of halogens is 1. The highest BCUT2D eigenvalue weighted by Crippen LogP contribution is 2.09. The molecule has 1 aromatic carbocycles. The van der Waals surface area contributed by atoms with Crippen molar-refractivity contribution >= 4 is 5.91 Å². The van der Waals surface area contributed by atoms with Crippen LogP contribution in [0.3, 0.4) is 0 Å². The quantitative estimate of drug-likeness (QED) is 0.806. The maximum Gasteiger partial charge on any atom is 0.236 e. The Hall–Kier alpha value is -1.42. The Labute approximate surface area is 121 Å². The van der Waals surface area contributed by atoms with Crippen molar-refractivity contribution in [3.8, 4) is 0 Å². The molecule has 0 radical (unpaired) electrons. The molecule has 3 nitrogen and oxygen atoms in total. The summed E-state index contributed by atoms with van der Waals surface area (Å²) in [6.45, 7) is 6.20. The number of carbonyl (C=O) groups excluding carboxylic acids is 1. The van der Waals surface area contributed by atoms with Crippen LogP contribution in [0.15, 0.2) is 24.3 Å². The van der Waals surface area contributed by atoms with E-state index < -0.39 is 0 Å². The van der Waals surface area contributed by atoms with Crippen LogP contribution in [-0.2, 0) is 11.2 Å². The summed E-state index contributed by atoms with van der Waals surface area (Å²) >= 11 is 0. The molecule has 0 fully saturated rings. The molecule has 2 atom stereocenters. The molecule has 2 N–H and O–H groups in total. The largest absolute Gasteiger partial charge is 0.358 e. The lowest BCUT2D eigenvalue weighted by Gasteiger charge is -2.23. The normalized spacial score (nSPS) is 14.1. The van der Waals surface area contributed by atoms with Gasteiger partial charge in [0.25, 0.3) is 0 Å². The van der Waals surface area contributed by atoms with Crippen molar-refractivity contribution in [3.63, 3.8) is 0 Å². The van der Waals surface area contributed by atoms with Gasteiger partial charge in [0.05, 0.1) is 6.04 Å². The zero-order valence-corrected chi connectivity index (χ0v) is 12.7. The van der Waals surface area contributed by atoms with E-state index in [0.29, 0.717) is 12.3 Å². The van der Waals surface area contributed by atoms with E-state index in [-0.39, 0.29) is 23.8 Å². The van der Waals surface area contributed by atoms with Gasteiger partial charge < -0.3 is 10.6 Å². The van der Waals surface area contributed by atoms with Crippen molar-refractivity contribution in [2.45, 2.75) is 45.7 Å². The molecule has 112 valence electrons. The minimum Gasteiger partial charge on any atom is -0.358 e. The fourth-order valence-corrected chi connectivity index (χ4v) is 2.32. The molecule has 1 amide bonds. The lowest BCUT2D eigenvalue weighted by atomic mass is 10.0. The molecule has 0 aliphatic carbocycles. The van der Waals surface area contributed by atoms with Crippen LogP contribution in [0.1, 0.15) is 32.8 Å². The van der Waals surface area contributed by atoms with Crippen LogP contribution in [-0.4, -0.2) is 25.0 Å². The number of carbonyl (C=O) groups is 1. The first-order chi connectivity index (χ1) is 9.42. The molecule has 1 rings (SSSR count). The third-order valence-electron chi connectivity index (χ3n) is 3.19. The van der Waals surface area contributed by atoms with E-state index in [0.717, 1.165) is 12.0 Å². The summed E-state index contributed by atoms with van der Waals surface area (Å²) < 4.78 is 13.2. The zero-order chi connectivity index (χ0) is 15.1. The zero-order valence-electron chi connectivity index (χ0n) is 12.7. The average Bonchev–Trinajstić information content (AvgIpc) is 2.36. The molecule has 0 aliphatic heterocycles. The average molecular weight is 280 g/mol. The number of rotatable bonds is 7. The highest BCUT2D eigenvalue weighted by Gasteiger charge is 2.20. The Morgan fingerprint density at radius 1 is 1.30 bits per heavy atom. The second-order valence-electron chi connectivity index (χ2n) is 5.70. The summed E-state index contributed by atoms with van der Waals surface area (Å²) in [4.78, 5) is 11.9. The Morgan fingerprint density at radius 3 is 2.55 bits per heavy atom. The molecule has 0 bridgehead atoms. The van der Waals surface area contributed by atoms with Gasteiger partial charge in [-0.2, -0.15) is 0 Å². The first-order valence-corrected chi connectivity index (χ1v) is 7.14. The molecule has 2 unspecified atom stereocenters. The van der Waals surface area contributed by atoms with Crippen LogP contribution >= 0.6 is 0 Å². The van der Waals surface area contributed by atoms with Crippen LogP contribution in [0, 0.1) is 11.7 Å². The fraction of sp³-hybridized carbons (Fsp3) is 0.562. The van der Waals surface area contributed by atoms with Gasteiger partial charge in [0.2, 0.25) is 5.91 Å².